The molecule has 9 nitrogen and oxygen atoms in total. The van der Waals surface area contributed by atoms with E-state index in [1.54, 1.807) is 0 Å². The predicted octanol–water partition coefficient (Wildman–Crippen LogP) is 4.84. The molecule has 0 spiro atoms. The van der Waals surface area contributed by atoms with Crippen LogP contribution in [0.1, 0.15) is 96.8 Å². The van der Waals surface area contributed by atoms with Gasteiger partial charge in [-0.25, -0.2) is 4.79 Å². The molecule has 0 aliphatic carbocycles. The van der Waals surface area contributed by atoms with Crippen molar-refractivity contribution in [2.45, 2.75) is 109 Å². The van der Waals surface area contributed by atoms with Crippen LogP contribution < -0.4 is 11.4 Å². The third kappa shape index (κ3) is 15.6. The number of hydrogen-bond donors (Lipinski definition) is 3. The first kappa shape index (κ1) is 30.8. The summed E-state index contributed by atoms with van der Waals surface area (Å²) in [6.45, 7) is 2.01. The molecular formula is C24H46N3O6P. The summed E-state index contributed by atoms with van der Waals surface area (Å²) in [5, 5.41) is 9.45. The van der Waals surface area contributed by atoms with E-state index < -0.39 is 32.3 Å². The lowest BCUT2D eigenvalue weighted by atomic mass is 10.0. The monoisotopic (exact) mass is 503 g/mol. The minimum Gasteiger partial charge on any atom is -0.394 e. The maximum Gasteiger partial charge on any atom is 0.353 e. The fourth-order valence-electron chi connectivity index (χ4n) is 3.70. The topological polar surface area (TPSA) is 137 Å². The number of anilines is 1. The smallest absolute Gasteiger partial charge is 0.353 e. The molecule has 0 bridgehead atoms. The summed E-state index contributed by atoms with van der Waals surface area (Å²) >= 11 is 0. The van der Waals surface area contributed by atoms with Gasteiger partial charge in [0.1, 0.15) is 12.2 Å². The number of hydrogen-bond acceptors (Lipinski definition) is 7. The van der Waals surface area contributed by atoms with Crippen molar-refractivity contribution in [1.82, 2.24) is 9.55 Å². The average molecular weight is 504 g/mol. The molecule has 0 fully saturated rings. The van der Waals surface area contributed by atoms with Crippen LogP contribution in [0.4, 0.5) is 5.82 Å². The van der Waals surface area contributed by atoms with Gasteiger partial charge in [0.25, 0.3) is 0 Å². The van der Waals surface area contributed by atoms with Crippen molar-refractivity contribution in [2.75, 3.05) is 25.3 Å². The molecule has 1 aromatic heterocycles. The number of aromatic nitrogens is 2. The zero-order valence-corrected chi connectivity index (χ0v) is 21.8. The van der Waals surface area contributed by atoms with Crippen LogP contribution in [0.2, 0.25) is 0 Å². The highest BCUT2D eigenvalue weighted by molar-refractivity contribution is 7.52. The van der Waals surface area contributed by atoms with Gasteiger partial charge in [0.15, 0.2) is 0 Å². The molecular weight excluding hydrogens is 457 g/mol. The van der Waals surface area contributed by atoms with Gasteiger partial charge in [0.05, 0.1) is 25.9 Å². The summed E-state index contributed by atoms with van der Waals surface area (Å²) in [7, 11) is -3.93. The summed E-state index contributed by atoms with van der Waals surface area (Å²) in [5.74, 6) is 0.0967. The van der Waals surface area contributed by atoms with Crippen molar-refractivity contribution in [1.29, 1.82) is 0 Å². The molecule has 0 aromatic carbocycles. The van der Waals surface area contributed by atoms with Gasteiger partial charge in [-0.3, -0.25) is 9.13 Å². The Morgan fingerprint density at radius 1 is 1.00 bits per heavy atom. The van der Waals surface area contributed by atoms with Crippen LogP contribution in [-0.2, 0) is 20.4 Å². The molecule has 0 radical (unpaired) electrons. The maximum absolute atomic E-state index is 12.2. The molecule has 0 amide bonds. The third-order valence-corrected chi connectivity index (χ3v) is 6.83. The number of unbranched alkanes of at least 4 members (excludes halogenated alkanes) is 13. The van der Waals surface area contributed by atoms with E-state index in [1.165, 1.54) is 87.5 Å². The van der Waals surface area contributed by atoms with E-state index in [-0.39, 0.29) is 19.0 Å². The zero-order valence-electron chi connectivity index (χ0n) is 20.9. The highest BCUT2D eigenvalue weighted by atomic mass is 31.2. The van der Waals surface area contributed by atoms with Gasteiger partial charge >= 0.3 is 13.3 Å². The molecule has 1 aromatic rings. The Morgan fingerprint density at radius 3 is 2.03 bits per heavy atom. The number of nitrogens with two attached hydrogens (primary N) is 1. The Hall–Kier alpha value is -1.25. The van der Waals surface area contributed by atoms with Crippen LogP contribution in [0.5, 0.6) is 0 Å². The average Bonchev–Trinajstić information content (AvgIpc) is 2.80. The summed E-state index contributed by atoms with van der Waals surface area (Å²) in [5.41, 5.74) is 4.86. The molecule has 0 aliphatic heterocycles. The van der Waals surface area contributed by atoms with E-state index in [0.29, 0.717) is 0 Å². The number of nitrogens with zero attached hydrogens (tertiary/aromatic N) is 2. The van der Waals surface area contributed by atoms with Gasteiger partial charge in [-0.1, -0.05) is 90.4 Å². The maximum atomic E-state index is 12.2. The van der Waals surface area contributed by atoms with Crippen LogP contribution in [0.3, 0.4) is 0 Å². The molecule has 10 heteroatoms. The number of ether oxygens (including phenoxy) is 1. The lowest BCUT2D eigenvalue weighted by molar-refractivity contribution is 0.0167. The summed E-state index contributed by atoms with van der Waals surface area (Å²) in [6, 6.07) is 1.45. The van der Waals surface area contributed by atoms with Crippen molar-refractivity contribution in [3.05, 3.63) is 22.7 Å². The van der Waals surface area contributed by atoms with Gasteiger partial charge in [-0.05, 0) is 12.5 Å². The first-order chi connectivity index (χ1) is 16.4. The van der Waals surface area contributed by atoms with Gasteiger partial charge in [-0.2, -0.15) is 4.98 Å². The van der Waals surface area contributed by atoms with Crippen molar-refractivity contribution in [2.24, 2.45) is 0 Å². The normalized spacial score (nSPS) is 14.2. The van der Waals surface area contributed by atoms with Gasteiger partial charge in [-0.15, -0.1) is 0 Å². The second-order valence-corrected chi connectivity index (χ2v) is 10.7. The van der Waals surface area contributed by atoms with Gasteiger partial charge in [0, 0.05) is 6.20 Å². The molecule has 34 heavy (non-hydrogen) atoms. The van der Waals surface area contributed by atoms with Crippen molar-refractivity contribution in [3.8, 4) is 0 Å². The molecule has 4 N–H and O–H groups in total. The minimum absolute atomic E-state index is 0.0123. The fourth-order valence-corrected chi connectivity index (χ4v) is 4.59. The van der Waals surface area contributed by atoms with Crippen molar-refractivity contribution < 1.29 is 23.8 Å². The fraction of sp³-hybridized carbons (Fsp3) is 0.833. The Kier molecular flexibility index (Phi) is 17.2. The zero-order chi connectivity index (χ0) is 25.1. The second-order valence-electron chi connectivity index (χ2n) is 8.95. The SMILES string of the molecule is CCCCCCCCCCCCCCCCOP(=O)(O)CO[C@H](CO)Cn1ccc(N)nc1=O. The first-order valence-electron chi connectivity index (χ1n) is 12.9. The number of aliphatic hydroxyl groups excluding tert-OH is 1. The molecule has 1 rings (SSSR count). The van der Waals surface area contributed by atoms with E-state index in [2.05, 4.69) is 11.9 Å². The summed E-state index contributed by atoms with van der Waals surface area (Å²) in [4.78, 5) is 25.3. The van der Waals surface area contributed by atoms with E-state index >= 15 is 0 Å². The quantitative estimate of drug-likeness (QED) is 0.151. The predicted molar refractivity (Wildman–Crippen MR) is 136 cm³/mol. The van der Waals surface area contributed by atoms with Gasteiger partial charge in [0.2, 0.25) is 0 Å². The van der Waals surface area contributed by atoms with Crippen molar-refractivity contribution in [3.63, 3.8) is 0 Å². The summed E-state index contributed by atoms with van der Waals surface area (Å²) < 4.78 is 23.8. The Balaban J connectivity index is 2.04. The number of aliphatic hydroxyl groups is 1. The van der Waals surface area contributed by atoms with Crippen molar-refractivity contribution >= 4 is 13.4 Å². The van der Waals surface area contributed by atoms with Crippen LogP contribution >= 0.6 is 7.60 Å². The van der Waals surface area contributed by atoms with Crippen LogP contribution in [0.25, 0.3) is 0 Å². The summed E-state index contributed by atoms with van der Waals surface area (Å²) in [6.07, 6.45) is 17.4. The first-order valence-corrected chi connectivity index (χ1v) is 14.7. The third-order valence-electron chi connectivity index (χ3n) is 5.76. The van der Waals surface area contributed by atoms with Gasteiger partial charge < -0.3 is 25.0 Å². The van der Waals surface area contributed by atoms with E-state index in [0.717, 1.165) is 19.3 Å². The van der Waals surface area contributed by atoms with Crippen LogP contribution in [-0.4, -0.2) is 45.2 Å². The highest BCUT2D eigenvalue weighted by Crippen LogP contribution is 2.42. The van der Waals surface area contributed by atoms with Crippen LogP contribution in [0.15, 0.2) is 17.1 Å². The molecule has 198 valence electrons. The van der Waals surface area contributed by atoms with E-state index in [4.69, 9.17) is 15.0 Å². The number of rotatable bonds is 22. The molecule has 0 aliphatic rings. The Morgan fingerprint density at radius 2 is 1.53 bits per heavy atom. The lowest BCUT2D eigenvalue weighted by Crippen LogP contribution is -2.32. The minimum atomic E-state index is -3.93. The number of nitrogen functional groups attached to an aromatic ring is 1. The largest absolute Gasteiger partial charge is 0.394 e. The Bertz CT molecular complexity index is 746. The lowest BCUT2D eigenvalue weighted by Gasteiger charge is -2.19. The Labute approximate surface area is 204 Å². The molecule has 0 saturated carbocycles. The molecule has 1 heterocycles. The van der Waals surface area contributed by atoms with Crippen LogP contribution in [0, 0.1) is 0 Å². The molecule has 0 saturated heterocycles. The van der Waals surface area contributed by atoms with E-state index in [9.17, 15) is 19.4 Å². The van der Waals surface area contributed by atoms with E-state index in [1.807, 2.05) is 0 Å². The molecule has 2 atom stereocenters. The highest BCUT2D eigenvalue weighted by Gasteiger charge is 2.22. The second kappa shape index (κ2) is 19.0. The standard InChI is InChI=1S/C24H46N3O6P/c1-2-3-4-5-6-7-8-9-10-11-12-13-14-15-18-33-34(30,31)21-32-22(20-28)19-27-17-16-23(25)26-24(27)29/h16-17,22,28H,2-15,18-21H2,1H3,(H,30,31)(H2,25,26,29)/t22-/m0/s1. The molecule has 1 unspecified atom stereocenters.